The van der Waals surface area contributed by atoms with Gasteiger partial charge >= 0.3 is 11.9 Å². The molecule has 294 valence electrons. The first-order valence-corrected chi connectivity index (χ1v) is 21.3. The van der Waals surface area contributed by atoms with Gasteiger partial charge in [-0.2, -0.15) is 0 Å². The van der Waals surface area contributed by atoms with Gasteiger partial charge in [-0.3, -0.25) is 19.2 Å². The minimum atomic E-state index is -0.962. The maximum absolute atomic E-state index is 13.1. The number of hydrogen-bond acceptors (Lipinski definition) is 4. The molecule has 0 spiro atoms. The molecule has 0 atom stereocenters. The molecule has 0 saturated heterocycles. The molecule has 8 heteroatoms. The predicted molar refractivity (Wildman–Crippen MR) is 208 cm³/mol. The lowest BCUT2D eigenvalue weighted by atomic mass is 10.0. The number of carbonyl (C=O) groups is 4. The lowest BCUT2D eigenvalue weighted by Gasteiger charge is -2.28. The monoisotopic (exact) mass is 709 g/mol. The fraction of sp³-hybridized carbons (Fsp3) is 0.905. The van der Waals surface area contributed by atoms with Crippen molar-refractivity contribution in [3.05, 3.63) is 0 Å². The summed E-state index contributed by atoms with van der Waals surface area (Å²) in [6, 6.07) is 0. The smallest absolute Gasteiger partial charge is 0.305 e. The van der Waals surface area contributed by atoms with E-state index in [1.807, 2.05) is 0 Å². The van der Waals surface area contributed by atoms with Crippen LogP contribution >= 0.6 is 0 Å². The zero-order chi connectivity index (χ0) is 36.9. The van der Waals surface area contributed by atoms with Crippen LogP contribution in [-0.4, -0.2) is 69.9 Å². The van der Waals surface area contributed by atoms with E-state index < -0.39 is 11.9 Å². The van der Waals surface area contributed by atoms with Gasteiger partial charge in [-0.05, 0) is 12.8 Å². The fourth-order valence-electron chi connectivity index (χ4n) is 6.68. The van der Waals surface area contributed by atoms with Gasteiger partial charge in [-0.25, -0.2) is 0 Å². The Morgan fingerprint density at radius 1 is 0.320 bits per heavy atom. The minimum absolute atomic E-state index is 0.0807. The first kappa shape index (κ1) is 47.9. The Bertz CT molecular complexity index is 754. The van der Waals surface area contributed by atoms with Crippen molar-refractivity contribution in [1.29, 1.82) is 0 Å². The van der Waals surface area contributed by atoms with E-state index in [1.54, 1.807) is 9.80 Å². The van der Waals surface area contributed by atoms with Gasteiger partial charge < -0.3 is 20.0 Å². The Morgan fingerprint density at radius 2 is 0.540 bits per heavy atom. The van der Waals surface area contributed by atoms with E-state index in [0.717, 1.165) is 38.5 Å². The van der Waals surface area contributed by atoms with E-state index in [2.05, 4.69) is 13.8 Å². The third-order valence-electron chi connectivity index (χ3n) is 10.0. The van der Waals surface area contributed by atoms with Gasteiger partial charge in [0.15, 0.2) is 0 Å². The molecular weight excluding hydrogens is 628 g/mol. The molecule has 2 N–H and O–H groups in total. The normalized spacial score (nSPS) is 11.2. The molecule has 0 aromatic rings. The summed E-state index contributed by atoms with van der Waals surface area (Å²) in [4.78, 5) is 51.9. The molecule has 0 radical (unpaired) electrons. The Kier molecular flexibility index (Phi) is 35.1. The second-order valence-electron chi connectivity index (χ2n) is 14.7. The molecule has 0 heterocycles. The van der Waals surface area contributed by atoms with E-state index in [1.165, 1.54) is 141 Å². The van der Waals surface area contributed by atoms with Gasteiger partial charge in [0.05, 0.1) is 12.8 Å². The van der Waals surface area contributed by atoms with Crippen molar-refractivity contribution in [2.45, 2.75) is 219 Å². The van der Waals surface area contributed by atoms with Crippen molar-refractivity contribution in [1.82, 2.24) is 9.80 Å². The number of nitrogens with zero attached hydrogens (tertiary/aromatic N) is 2. The van der Waals surface area contributed by atoms with Crippen LogP contribution in [-0.2, 0) is 19.2 Å². The molecule has 50 heavy (non-hydrogen) atoms. The zero-order valence-electron chi connectivity index (χ0n) is 32.9. The van der Waals surface area contributed by atoms with Crippen LogP contribution in [0.4, 0.5) is 0 Å². The molecule has 0 saturated carbocycles. The van der Waals surface area contributed by atoms with Crippen LogP contribution in [0.25, 0.3) is 0 Å². The van der Waals surface area contributed by atoms with Crippen molar-refractivity contribution in [2.24, 2.45) is 0 Å². The topological polar surface area (TPSA) is 115 Å². The van der Waals surface area contributed by atoms with Gasteiger partial charge in [0.1, 0.15) is 0 Å². The van der Waals surface area contributed by atoms with Crippen LogP contribution in [0.5, 0.6) is 0 Å². The number of hydrogen-bond donors (Lipinski definition) is 2. The Balaban J connectivity index is 4.36. The van der Waals surface area contributed by atoms with Crippen LogP contribution in [0, 0.1) is 0 Å². The lowest BCUT2D eigenvalue weighted by molar-refractivity contribution is -0.141. The van der Waals surface area contributed by atoms with Gasteiger partial charge in [-0.15, -0.1) is 0 Å². The van der Waals surface area contributed by atoms with Crippen molar-refractivity contribution < 1.29 is 29.4 Å². The molecule has 0 aromatic heterocycles. The SMILES string of the molecule is CCCCCCCCCCCCCCCCC(=O)N(CCC(=O)O)CCN(CCC(=O)O)C(=O)CCCCCCCCCCCCCCCC. The standard InChI is InChI=1S/C42H80N2O6/c1-3-5-7-9-11-13-15-17-19-21-23-25-27-29-31-39(45)43(35-33-41(47)48)37-38-44(36-34-42(49)50)40(46)32-30-28-26-24-22-20-18-16-14-12-10-8-6-4-2/h3-38H2,1-2H3,(H,47,48)(H,49,50). The van der Waals surface area contributed by atoms with E-state index >= 15 is 0 Å². The van der Waals surface area contributed by atoms with E-state index in [-0.39, 0.29) is 50.8 Å². The lowest BCUT2D eigenvalue weighted by Crippen LogP contribution is -2.42. The van der Waals surface area contributed by atoms with Crippen molar-refractivity contribution >= 4 is 23.8 Å². The molecule has 0 aliphatic carbocycles. The molecule has 0 rings (SSSR count). The Hall–Kier alpha value is -2.12. The summed E-state index contributed by atoms with van der Waals surface area (Å²) in [7, 11) is 0. The van der Waals surface area contributed by atoms with Gasteiger partial charge in [-0.1, -0.05) is 181 Å². The average Bonchev–Trinajstić information content (AvgIpc) is 3.09. The molecule has 0 aliphatic heterocycles. The maximum atomic E-state index is 13.1. The average molecular weight is 709 g/mol. The van der Waals surface area contributed by atoms with Crippen molar-refractivity contribution in [2.75, 3.05) is 26.2 Å². The highest BCUT2D eigenvalue weighted by atomic mass is 16.4. The first-order chi connectivity index (χ1) is 24.3. The number of carbonyl (C=O) groups excluding carboxylic acids is 2. The van der Waals surface area contributed by atoms with E-state index in [0.29, 0.717) is 12.8 Å². The Morgan fingerprint density at radius 3 is 0.760 bits per heavy atom. The van der Waals surface area contributed by atoms with Crippen molar-refractivity contribution in [3.63, 3.8) is 0 Å². The highest BCUT2D eigenvalue weighted by molar-refractivity contribution is 5.78. The van der Waals surface area contributed by atoms with Gasteiger partial charge in [0, 0.05) is 39.0 Å². The largest absolute Gasteiger partial charge is 0.481 e. The highest BCUT2D eigenvalue weighted by Crippen LogP contribution is 2.16. The molecule has 0 fully saturated rings. The number of amides is 2. The third kappa shape index (κ3) is 33.0. The second kappa shape index (κ2) is 36.7. The molecule has 0 aliphatic rings. The molecule has 0 bridgehead atoms. The van der Waals surface area contributed by atoms with E-state index in [4.69, 9.17) is 0 Å². The third-order valence-corrected chi connectivity index (χ3v) is 10.0. The van der Waals surface area contributed by atoms with Gasteiger partial charge in [0.25, 0.3) is 0 Å². The van der Waals surface area contributed by atoms with Crippen LogP contribution < -0.4 is 0 Å². The fourth-order valence-corrected chi connectivity index (χ4v) is 6.68. The predicted octanol–water partition coefficient (Wildman–Crippen LogP) is 11.3. The number of carboxylic acid groups (broad SMARTS) is 2. The molecular formula is C42H80N2O6. The van der Waals surface area contributed by atoms with E-state index in [9.17, 15) is 29.4 Å². The Labute approximate surface area is 307 Å². The highest BCUT2D eigenvalue weighted by Gasteiger charge is 2.19. The molecule has 8 nitrogen and oxygen atoms in total. The van der Waals surface area contributed by atoms with Crippen molar-refractivity contribution in [3.8, 4) is 0 Å². The number of aliphatic carboxylic acids is 2. The van der Waals surface area contributed by atoms with Crippen LogP contribution in [0.2, 0.25) is 0 Å². The number of unbranched alkanes of at least 4 members (excludes halogenated alkanes) is 26. The summed E-state index contributed by atoms with van der Waals surface area (Å²) >= 11 is 0. The first-order valence-electron chi connectivity index (χ1n) is 21.3. The van der Waals surface area contributed by atoms with Crippen LogP contribution in [0.1, 0.15) is 219 Å². The van der Waals surface area contributed by atoms with Gasteiger partial charge in [0.2, 0.25) is 11.8 Å². The summed E-state index contributed by atoms with van der Waals surface area (Å²) in [5, 5.41) is 18.5. The molecule has 0 unspecified atom stereocenters. The summed E-state index contributed by atoms with van der Waals surface area (Å²) in [5.41, 5.74) is 0. The summed E-state index contributed by atoms with van der Waals surface area (Å²) in [6.07, 6.45) is 35.2. The molecule has 2 amide bonds. The number of carboxylic acids is 2. The number of rotatable bonds is 39. The van der Waals surface area contributed by atoms with Crippen LogP contribution in [0.3, 0.4) is 0 Å². The summed E-state index contributed by atoms with van der Waals surface area (Å²) in [5.74, 6) is -2.09. The van der Waals surface area contributed by atoms with Crippen LogP contribution in [0.15, 0.2) is 0 Å². The maximum Gasteiger partial charge on any atom is 0.305 e. The zero-order valence-corrected chi connectivity index (χ0v) is 32.9. The minimum Gasteiger partial charge on any atom is -0.481 e. The summed E-state index contributed by atoms with van der Waals surface area (Å²) < 4.78 is 0. The molecule has 0 aromatic carbocycles. The quantitative estimate of drug-likeness (QED) is 0.0614. The second-order valence-corrected chi connectivity index (χ2v) is 14.7. The summed E-state index contributed by atoms with van der Waals surface area (Å²) in [6.45, 7) is 5.18.